The summed E-state index contributed by atoms with van der Waals surface area (Å²) >= 11 is 0. The van der Waals surface area contributed by atoms with Crippen molar-refractivity contribution in [3.05, 3.63) is 35.4 Å². The Balaban J connectivity index is 0.00000288. The second-order valence-electron chi connectivity index (χ2n) is 6.23. The number of rotatable bonds is 6. The Hall–Kier alpha value is -1.59. The van der Waals surface area contributed by atoms with Crippen LogP contribution in [0, 0.1) is 5.92 Å². The second-order valence-corrected chi connectivity index (χ2v) is 6.23. The Labute approximate surface area is 150 Å². The molecule has 134 valence electrons. The summed E-state index contributed by atoms with van der Waals surface area (Å²) in [6, 6.07) is 7.52. The first-order valence-corrected chi connectivity index (χ1v) is 8.37. The molecule has 0 aliphatic carbocycles. The number of amides is 2. The number of hydrogen-bond acceptors (Lipinski definition) is 3. The summed E-state index contributed by atoms with van der Waals surface area (Å²) in [5.74, 6) is 0.793. The smallest absolute Gasteiger partial charge is 0.253 e. The van der Waals surface area contributed by atoms with E-state index in [1.54, 1.807) is 0 Å². The zero-order valence-corrected chi connectivity index (χ0v) is 15.3. The summed E-state index contributed by atoms with van der Waals surface area (Å²) in [4.78, 5) is 25.4. The molecule has 1 aromatic carbocycles. The van der Waals surface area contributed by atoms with Gasteiger partial charge in [0.05, 0.1) is 0 Å². The lowest BCUT2D eigenvalue weighted by atomic mass is 9.93. The van der Waals surface area contributed by atoms with E-state index in [9.17, 15) is 9.59 Å². The normalized spacial score (nSPS) is 14.8. The van der Waals surface area contributed by atoms with Gasteiger partial charge < -0.3 is 15.5 Å². The lowest BCUT2D eigenvalue weighted by Gasteiger charge is -2.32. The molecule has 1 aliphatic rings. The van der Waals surface area contributed by atoms with Gasteiger partial charge in [0, 0.05) is 32.1 Å². The van der Waals surface area contributed by atoms with Crippen LogP contribution >= 0.6 is 12.4 Å². The predicted octanol–water partition coefficient (Wildman–Crippen LogP) is 2.21. The first kappa shape index (κ1) is 20.5. The summed E-state index contributed by atoms with van der Waals surface area (Å²) in [6.07, 6.45) is 3.37. The van der Waals surface area contributed by atoms with E-state index in [1.807, 2.05) is 36.2 Å². The highest BCUT2D eigenvalue weighted by atomic mass is 35.5. The fourth-order valence-electron chi connectivity index (χ4n) is 2.95. The van der Waals surface area contributed by atoms with E-state index in [0.29, 0.717) is 6.54 Å². The van der Waals surface area contributed by atoms with Crippen molar-refractivity contribution in [2.75, 3.05) is 26.7 Å². The van der Waals surface area contributed by atoms with E-state index in [1.165, 1.54) is 13.3 Å². The fourth-order valence-corrected chi connectivity index (χ4v) is 2.95. The SMILES string of the molecule is CNCCC1CCN(C(=O)c2ccc(CNC(C)=O)cc2)CC1.Cl. The first-order valence-electron chi connectivity index (χ1n) is 8.37. The number of benzene rings is 1. The van der Waals surface area contributed by atoms with E-state index in [-0.39, 0.29) is 24.2 Å². The maximum Gasteiger partial charge on any atom is 0.253 e. The van der Waals surface area contributed by atoms with Crippen LogP contribution in [0.25, 0.3) is 0 Å². The molecule has 2 rings (SSSR count). The average molecular weight is 354 g/mol. The third kappa shape index (κ3) is 6.13. The van der Waals surface area contributed by atoms with Gasteiger partial charge >= 0.3 is 0 Å². The molecule has 0 aromatic heterocycles. The van der Waals surface area contributed by atoms with E-state index < -0.39 is 0 Å². The third-order valence-electron chi connectivity index (χ3n) is 4.45. The van der Waals surface area contributed by atoms with E-state index >= 15 is 0 Å². The first-order chi connectivity index (χ1) is 11.1. The highest BCUT2D eigenvalue weighted by Gasteiger charge is 2.23. The lowest BCUT2D eigenvalue weighted by molar-refractivity contribution is -0.119. The van der Waals surface area contributed by atoms with Crippen LogP contribution in [0.15, 0.2) is 24.3 Å². The van der Waals surface area contributed by atoms with Crippen molar-refractivity contribution in [1.29, 1.82) is 0 Å². The quantitative estimate of drug-likeness (QED) is 0.824. The Morgan fingerprint density at radius 1 is 1.17 bits per heavy atom. The number of piperidine rings is 1. The van der Waals surface area contributed by atoms with Crippen LogP contribution in [0.4, 0.5) is 0 Å². The minimum absolute atomic E-state index is 0. The van der Waals surface area contributed by atoms with Gasteiger partial charge in [0.15, 0.2) is 0 Å². The van der Waals surface area contributed by atoms with Gasteiger partial charge in [-0.25, -0.2) is 0 Å². The maximum atomic E-state index is 12.5. The molecule has 1 aromatic rings. The van der Waals surface area contributed by atoms with Gasteiger partial charge in [0.25, 0.3) is 5.91 Å². The molecule has 1 saturated heterocycles. The molecule has 2 amide bonds. The molecule has 0 spiro atoms. The average Bonchev–Trinajstić information content (AvgIpc) is 2.58. The molecule has 1 fully saturated rings. The van der Waals surface area contributed by atoms with Crippen LogP contribution < -0.4 is 10.6 Å². The van der Waals surface area contributed by atoms with Gasteiger partial charge in [-0.05, 0) is 56.5 Å². The Kier molecular flexibility index (Phi) is 8.79. The summed E-state index contributed by atoms with van der Waals surface area (Å²) in [5, 5.41) is 5.95. The summed E-state index contributed by atoms with van der Waals surface area (Å²) in [7, 11) is 1.98. The molecule has 0 atom stereocenters. The number of carbonyl (C=O) groups is 2. The zero-order valence-electron chi connectivity index (χ0n) is 14.5. The van der Waals surface area contributed by atoms with Crippen molar-refractivity contribution >= 4 is 24.2 Å². The topological polar surface area (TPSA) is 61.4 Å². The largest absolute Gasteiger partial charge is 0.352 e. The van der Waals surface area contributed by atoms with Crippen molar-refractivity contribution in [3.63, 3.8) is 0 Å². The van der Waals surface area contributed by atoms with E-state index in [0.717, 1.165) is 49.5 Å². The molecule has 1 aliphatic heterocycles. The Morgan fingerprint density at radius 2 is 1.79 bits per heavy atom. The maximum absolute atomic E-state index is 12.5. The van der Waals surface area contributed by atoms with Crippen molar-refractivity contribution in [1.82, 2.24) is 15.5 Å². The van der Waals surface area contributed by atoms with Crippen LogP contribution in [0.1, 0.15) is 42.1 Å². The number of hydrogen-bond donors (Lipinski definition) is 2. The van der Waals surface area contributed by atoms with Crippen molar-refractivity contribution in [2.24, 2.45) is 5.92 Å². The molecule has 5 nitrogen and oxygen atoms in total. The van der Waals surface area contributed by atoms with Gasteiger partial charge in [0.1, 0.15) is 0 Å². The van der Waals surface area contributed by atoms with Gasteiger partial charge in [0.2, 0.25) is 5.91 Å². The molecule has 0 bridgehead atoms. The lowest BCUT2D eigenvalue weighted by Crippen LogP contribution is -2.39. The highest BCUT2D eigenvalue weighted by molar-refractivity contribution is 5.94. The molecule has 0 unspecified atom stereocenters. The molecule has 6 heteroatoms. The van der Waals surface area contributed by atoms with Crippen molar-refractivity contribution in [2.45, 2.75) is 32.7 Å². The van der Waals surface area contributed by atoms with Crippen molar-refractivity contribution < 1.29 is 9.59 Å². The number of carbonyl (C=O) groups excluding carboxylic acids is 2. The molecule has 1 heterocycles. The summed E-state index contributed by atoms with van der Waals surface area (Å²) in [5.41, 5.74) is 1.73. The number of nitrogens with one attached hydrogen (secondary N) is 2. The number of halogens is 1. The second kappa shape index (κ2) is 10.3. The van der Waals surface area contributed by atoms with Gasteiger partial charge in [-0.3, -0.25) is 9.59 Å². The summed E-state index contributed by atoms with van der Waals surface area (Å²) < 4.78 is 0. The Morgan fingerprint density at radius 3 is 2.33 bits per heavy atom. The van der Waals surface area contributed by atoms with Crippen LogP contribution in [0.3, 0.4) is 0 Å². The van der Waals surface area contributed by atoms with Crippen LogP contribution in [0.2, 0.25) is 0 Å². The van der Waals surface area contributed by atoms with E-state index in [4.69, 9.17) is 0 Å². The van der Waals surface area contributed by atoms with Gasteiger partial charge in [-0.2, -0.15) is 0 Å². The molecule has 2 N–H and O–H groups in total. The van der Waals surface area contributed by atoms with Gasteiger partial charge in [-0.15, -0.1) is 12.4 Å². The standard InChI is InChI=1S/C18H27N3O2.ClH/c1-14(22)20-13-16-3-5-17(6-4-16)18(23)21-11-8-15(9-12-21)7-10-19-2;/h3-6,15,19H,7-13H2,1-2H3,(H,20,22);1H. The minimum Gasteiger partial charge on any atom is -0.352 e. The number of nitrogens with zero attached hydrogens (tertiary/aromatic N) is 1. The molecular weight excluding hydrogens is 326 g/mol. The van der Waals surface area contributed by atoms with E-state index in [2.05, 4.69) is 10.6 Å². The monoisotopic (exact) mass is 353 g/mol. The number of likely N-dealkylation sites (tertiary alicyclic amines) is 1. The van der Waals surface area contributed by atoms with Crippen molar-refractivity contribution in [3.8, 4) is 0 Å². The molecule has 0 saturated carbocycles. The van der Waals surface area contributed by atoms with Gasteiger partial charge in [-0.1, -0.05) is 12.1 Å². The fraction of sp³-hybridized carbons (Fsp3) is 0.556. The van der Waals surface area contributed by atoms with Crippen LogP contribution in [0.5, 0.6) is 0 Å². The van der Waals surface area contributed by atoms with Crippen LogP contribution in [-0.2, 0) is 11.3 Å². The summed E-state index contributed by atoms with van der Waals surface area (Å²) in [6.45, 7) is 4.74. The van der Waals surface area contributed by atoms with Crippen LogP contribution in [-0.4, -0.2) is 43.4 Å². The zero-order chi connectivity index (χ0) is 16.7. The molecule has 0 radical (unpaired) electrons. The molecule has 24 heavy (non-hydrogen) atoms. The highest BCUT2D eigenvalue weighted by Crippen LogP contribution is 2.21. The minimum atomic E-state index is -0.0497. The third-order valence-corrected chi connectivity index (χ3v) is 4.45. The Bertz CT molecular complexity index is 526. The molecular formula is C18H28ClN3O2. The predicted molar refractivity (Wildman–Crippen MR) is 98.4 cm³/mol.